The summed E-state index contributed by atoms with van der Waals surface area (Å²) >= 11 is 0. The zero-order chi connectivity index (χ0) is 12.8. The lowest BCUT2D eigenvalue weighted by molar-refractivity contribution is -0.140. The molecule has 0 amide bonds. The Morgan fingerprint density at radius 3 is 2.24 bits per heavy atom. The molecule has 17 heavy (non-hydrogen) atoms. The van der Waals surface area contributed by atoms with E-state index in [9.17, 15) is 9.59 Å². The first-order chi connectivity index (χ1) is 7.99. The van der Waals surface area contributed by atoms with Crippen molar-refractivity contribution in [1.29, 1.82) is 0 Å². The lowest BCUT2D eigenvalue weighted by Crippen LogP contribution is -2.05. The third-order valence-electron chi connectivity index (χ3n) is 1.90. The molecule has 0 unspecified atom stereocenters. The monoisotopic (exact) mass is 234 g/mol. The Bertz CT molecular complexity index is 431. The van der Waals surface area contributed by atoms with E-state index in [-0.39, 0.29) is 12.6 Å². The van der Waals surface area contributed by atoms with Gasteiger partial charge in [0.1, 0.15) is 12.4 Å². The Kier molecular flexibility index (Phi) is 4.46. The molecule has 0 spiro atoms. The van der Waals surface area contributed by atoms with Crippen LogP contribution >= 0.6 is 0 Å². The van der Waals surface area contributed by atoms with Crippen molar-refractivity contribution >= 4 is 11.9 Å². The van der Waals surface area contributed by atoms with Crippen molar-refractivity contribution in [3.05, 3.63) is 42.0 Å². The molecule has 90 valence electrons. The lowest BCUT2D eigenvalue weighted by Gasteiger charge is -2.05. The van der Waals surface area contributed by atoms with Crippen LogP contribution in [0.3, 0.4) is 0 Å². The predicted molar refractivity (Wildman–Crippen MR) is 62.4 cm³/mol. The fraction of sp³-hybridized carbons (Fsp3) is 0.231. The minimum atomic E-state index is -0.422. The Morgan fingerprint density at radius 1 is 1.18 bits per heavy atom. The van der Waals surface area contributed by atoms with E-state index < -0.39 is 5.97 Å². The molecule has 0 atom stereocenters. The molecule has 0 fully saturated rings. The normalized spacial score (nSPS) is 9.53. The van der Waals surface area contributed by atoms with E-state index in [1.807, 2.05) is 0 Å². The molecule has 0 aliphatic rings. The fourth-order valence-corrected chi connectivity index (χ4v) is 1.09. The van der Waals surface area contributed by atoms with Crippen LogP contribution in [-0.2, 0) is 20.9 Å². The van der Waals surface area contributed by atoms with E-state index >= 15 is 0 Å². The van der Waals surface area contributed by atoms with Crippen LogP contribution in [0.15, 0.2) is 36.4 Å². The van der Waals surface area contributed by atoms with Gasteiger partial charge in [-0.3, -0.25) is 4.79 Å². The summed E-state index contributed by atoms with van der Waals surface area (Å²) in [6.07, 6.45) is 0. The second-order valence-electron chi connectivity index (χ2n) is 3.59. The fourth-order valence-electron chi connectivity index (χ4n) is 1.09. The first-order valence-corrected chi connectivity index (χ1v) is 5.09. The zero-order valence-electron chi connectivity index (χ0n) is 9.86. The first-order valence-electron chi connectivity index (χ1n) is 5.09. The lowest BCUT2D eigenvalue weighted by atomic mass is 10.2. The van der Waals surface area contributed by atoms with Gasteiger partial charge in [-0.05, 0) is 24.6 Å². The number of hydrogen-bond acceptors (Lipinski definition) is 4. The minimum Gasteiger partial charge on any atom is -0.457 e. The Morgan fingerprint density at radius 2 is 1.76 bits per heavy atom. The Labute approximate surface area is 99.8 Å². The van der Waals surface area contributed by atoms with Crippen molar-refractivity contribution in [2.24, 2.45) is 0 Å². The molecule has 1 aromatic rings. The average Bonchev–Trinajstić information content (AvgIpc) is 2.26. The van der Waals surface area contributed by atoms with Crippen LogP contribution in [0, 0.1) is 0 Å². The summed E-state index contributed by atoms with van der Waals surface area (Å²) in [7, 11) is 0. The highest BCUT2D eigenvalue weighted by atomic mass is 16.5. The van der Waals surface area contributed by atoms with Gasteiger partial charge >= 0.3 is 11.9 Å². The Balaban J connectivity index is 2.54. The van der Waals surface area contributed by atoms with Gasteiger partial charge in [-0.25, -0.2) is 4.79 Å². The quantitative estimate of drug-likeness (QED) is 0.455. The minimum absolute atomic E-state index is 0.173. The van der Waals surface area contributed by atoms with E-state index in [4.69, 9.17) is 9.47 Å². The molecular formula is C13H14O4. The molecule has 4 heteroatoms. The maximum absolute atomic E-state index is 11.1. The van der Waals surface area contributed by atoms with Gasteiger partial charge in [0, 0.05) is 12.5 Å². The summed E-state index contributed by atoms with van der Waals surface area (Å²) < 4.78 is 9.84. The summed E-state index contributed by atoms with van der Waals surface area (Å²) in [5.74, 6) is -0.326. The van der Waals surface area contributed by atoms with Crippen LogP contribution in [0.5, 0.6) is 5.75 Å². The van der Waals surface area contributed by atoms with Crippen LogP contribution < -0.4 is 4.74 Å². The summed E-state index contributed by atoms with van der Waals surface area (Å²) in [6, 6.07) is 6.74. The second kappa shape index (κ2) is 5.84. The topological polar surface area (TPSA) is 52.6 Å². The highest BCUT2D eigenvalue weighted by Gasteiger charge is 2.04. The van der Waals surface area contributed by atoms with Crippen LogP contribution in [0.25, 0.3) is 0 Å². The molecule has 0 aromatic heterocycles. The van der Waals surface area contributed by atoms with Gasteiger partial charge in [0.25, 0.3) is 0 Å². The van der Waals surface area contributed by atoms with Gasteiger partial charge < -0.3 is 9.47 Å². The molecule has 1 rings (SSSR count). The summed E-state index contributed by atoms with van der Waals surface area (Å²) in [5, 5.41) is 0. The molecule has 0 aliphatic heterocycles. The van der Waals surface area contributed by atoms with Crippen molar-refractivity contribution in [3.63, 3.8) is 0 Å². The molecule has 0 N–H and O–H groups in total. The van der Waals surface area contributed by atoms with Gasteiger partial charge in [-0.15, -0.1) is 0 Å². The number of hydrogen-bond donors (Lipinski definition) is 0. The van der Waals surface area contributed by atoms with Crippen molar-refractivity contribution in [1.82, 2.24) is 0 Å². The SMILES string of the molecule is C=C(C)C(=O)OCc1ccc(OC(C)=O)cc1. The average molecular weight is 234 g/mol. The van der Waals surface area contributed by atoms with E-state index in [2.05, 4.69) is 6.58 Å². The molecule has 0 heterocycles. The maximum atomic E-state index is 11.1. The Hall–Kier alpha value is -2.10. The van der Waals surface area contributed by atoms with Gasteiger partial charge in [-0.2, -0.15) is 0 Å². The van der Waals surface area contributed by atoms with E-state index in [1.165, 1.54) is 6.92 Å². The van der Waals surface area contributed by atoms with E-state index in [1.54, 1.807) is 31.2 Å². The zero-order valence-corrected chi connectivity index (χ0v) is 9.86. The van der Waals surface area contributed by atoms with E-state index in [0.717, 1.165) is 5.56 Å². The molecule has 0 saturated heterocycles. The molecule has 0 saturated carbocycles. The molecule has 0 bridgehead atoms. The molecule has 0 aliphatic carbocycles. The van der Waals surface area contributed by atoms with Gasteiger partial charge in [0.05, 0.1) is 0 Å². The number of carbonyl (C=O) groups excluding carboxylic acids is 2. The predicted octanol–water partition coefficient (Wildman–Crippen LogP) is 2.23. The third-order valence-corrected chi connectivity index (χ3v) is 1.90. The number of benzene rings is 1. The molecule has 1 aromatic carbocycles. The summed E-state index contributed by atoms with van der Waals surface area (Å²) in [5.41, 5.74) is 1.18. The van der Waals surface area contributed by atoms with E-state index in [0.29, 0.717) is 11.3 Å². The highest BCUT2D eigenvalue weighted by molar-refractivity contribution is 5.86. The number of rotatable bonds is 4. The third kappa shape index (κ3) is 4.51. The second-order valence-corrected chi connectivity index (χ2v) is 3.59. The van der Waals surface area contributed by atoms with Gasteiger partial charge in [0.2, 0.25) is 0 Å². The molecule has 4 nitrogen and oxygen atoms in total. The summed E-state index contributed by atoms with van der Waals surface area (Å²) in [4.78, 5) is 21.8. The summed E-state index contributed by atoms with van der Waals surface area (Å²) in [6.45, 7) is 6.58. The standard InChI is InChI=1S/C13H14O4/c1-9(2)13(15)16-8-11-4-6-12(7-5-11)17-10(3)14/h4-7H,1,8H2,2-3H3. The van der Waals surface area contributed by atoms with Crippen LogP contribution in [-0.4, -0.2) is 11.9 Å². The number of ether oxygens (including phenoxy) is 2. The smallest absolute Gasteiger partial charge is 0.333 e. The molecule has 0 radical (unpaired) electrons. The van der Waals surface area contributed by atoms with Crippen molar-refractivity contribution < 1.29 is 19.1 Å². The van der Waals surface area contributed by atoms with Crippen LogP contribution in [0.1, 0.15) is 19.4 Å². The molecular weight excluding hydrogens is 220 g/mol. The van der Waals surface area contributed by atoms with Crippen LogP contribution in [0.4, 0.5) is 0 Å². The van der Waals surface area contributed by atoms with Crippen molar-refractivity contribution in [3.8, 4) is 5.75 Å². The maximum Gasteiger partial charge on any atom is 0.333 e. The van der Waals surface area contributed by atoms with Crippen molar-refractivity contribution in [2.75, 3.05) is 0 Å². The van der Waals surface area contributed by atoms with Crippen molar-refractivity contribution in [2.45, 2.75) is 20.5 Å². The number of esters is 2. The van der Waals surface area contributed by atoms with Crippen LogP contribution in [0.2, 0.25) is 0 Å². The largest absolute Gasteiger partial charge is 0.457 e. The van der Waals surface area contributed by atoms with Gasteiger partial charge in [0.15, 0.2) is 0 Å². The van der Waals surface area contributed by atoms with Gasteiger partial charge in [-0.1, -0.05) is 18.7 Å². The first kappa shape index (κ1) is 13.0. The highest BCUT2D eigenvalue weighted by Crippen LogP contribution is 2.13. The number of carbonyl (C=O) groups is 2.